The lowest BCUT2D eigenvalue weighted by Crippen LogP contribution is -2.04. The molecule has 0 aliphatic heterocycles. The minimum atomic E-state index is 0.909. The van der Waals surface area contributed by atoms with Crippen molar-refractivity contribution < 1.29 is 0 Å². The van der Waals surface area contributed by atoms with E-state index in [0.717, 1.165) is 33.9 Å². The second kappa shape index (κ2) is 6.59. The van der Waals surface area contributed by atoms with E-state index in [0.29, 0.717) is 0 Å². The van der Waals surface area contributed by atoms with E-state index in [1.54, 1.807) is 18.1 Å². The van der Waals surface area contributed by atoms with E-state index in [9.17, 15) is 0 Å². The third kappa shape index (κ3) is 3.52. The Balaban J connectivity index is 1.58. The van der Waals surface area contributed by atoms with E-state index < -0.39 is 0 Å². The Bertz CT molecular complexity index is 720. The molecule has 0 aliphatic carbocycles. The Morgan fingerprint density at radius 2 is 1.81 bits per heavy atom. The van der Waals surface area contributed by atoms with Crippen LogP contribution in [-0.4, -0.2) is 22.3 Å². The number of benzene rings is 2. The number of hydrogen-bond donors (Lipinski definition) is 1. The van der Waals surface area contributed by atoms with Gasteiger partial charge in [-0.05, 0) is 25.1 Å². The van der Waals surface area contributed by atoms with Crippen LogP contribution in [0.15, 0.2) is 59.9 Å². The molecule has 0 amide bonds. The first-order valence-electron chi connectivity index (χ1n) is 6.96. The van der Waals surface area contributed by atoms with Crippen molar-refractivity contribution in [3.63, 3.8) is 0 Å². The number of hydrogen-bond acceptors (Lipinski definition) is 4. The fraction of sp³-hybridized carbons (Fsp3) is 0.176. The van der Waals surface area contributed by atoms with Gasteiger partial charge in [0.15, 0.2) is 0 Å². The van der Waals surface area contributed by atoms with Crippen molar-refractivity contribution in [1.82, 2.24) is 9.97 Å². The number of nitrogens with zero attached hydrogens (tertiary/aromatic N) is 2. The molecule has 21 heavy (non-hydrogen) atoms. The van der Waals surface area contributed by atoms with Gasteiger partial charge in [-0.2, -0.15) is 0 Å². The van der Waals surface area contributed by atoms with Gasteiger partial charge in [-0.1, -0.05) is 35.9 Å². The van der Waals surface area contributed by atoms with Crippen molar-refractivity contribution in [2.45, 2.75) is 11.9 Å². The molecule has 0 saturated heterocycles. The van der Waals surface area contributed by atoms with Crippen molar-refractivity contribution in [1.29, 1.82) is 0 Å². The molecule has 0 atom stereocenters. The van der Waals surface area contributed by atoms with Crippen molar-refractivity contribution >= 4 is 28.4 Å². The average molecular weight is 295 g/mol. The predicted molar refractivity (Wildman–Crippen MR) is 89.9 cm³/mol. The Morgan fingerprint density at radius 1 is 1.00 bits per heavy atom. The van der Waals surface area contributed by atoms with Gasteiger partial charge >= 0.3 is 0 Å². The maximum absolute atomic E-state index is 4.39. The minimum Gasteiger partial charge on any atom is -0.384 e. The van der Waals surface area contributed by atoms with Crippen LogP contribution in [0.2, 0.25) is 0 Å². The number of nitrogens with one attached hydrogen (secondary N) is 1. The predicted octanol–water partition coefficient (Wildman–Crippen LogP) is 4.14. The van der Waals surface area contributed by atoms with Crippen LogP contribution in [0.25, 0.3) is 10.9 Å². The van der Waals surface area contributed by atoms with Gasteiger partial charge in [-0.25, -0.2) is 9.97 Å². The highest BCUT2D eigenvalue weighted by atomic mass is 32.2. The van der Waals surface area contributed by atoms with Crippen LogP contribution in [0.3, 0.4) is 0 Å². The summed E-state index contributed by atoms with van der Waals surface area (Å²) in [5, 5.41) is 5.60. The Hall–Kier alpha value is -2.07. The molecule has 0 aliphatic rings. The minimum absolute atomic E-state index is 0.909. The number of anilines is 1. The van der Waals surface area contributed by atoms with Crippen LogP contribution in [0.1, 0.15) is 5.56 Å². The highest BCUT2D eigenvalue weighted by molar-refractivity contribution is 7.99. The summed E-state index contributed by atoms with van der Waals surface area (Å²) in [7, 11) is 0. The van der Waals surface area contributed by atoms with Crippen molar-refractivity contribution in [3.05, 3.63) is 60.4 Å². The third-order valence-electron chi connectivity index (χ3n) is 3.23. The van der Waals surface area contributed by atoms with E-state index in [4.69, 9.17) is 0 Å². The Morgan fingerprint density at radius 3 is 2.67 bits per heavy atom. The molecule has 4 heteroatoms. The van der Waals surface area contributed by atoms with Crippen LogP contribution in [0, 0.1) is 6.92 Å². The SMILES string of the molecule is Cc1ccc(NCCSc2ncnc3ccccc23)cc1. The molecule has 1 heterocycles. The lowest BCUT2D eigenvalue weighted by atomic mass is 10.2. The van der Waals surface area contributed by atoms with Crippen molar-refractivity contribution in [2.24, 2.45) is 0 Å². The lowest BCUT2D eigenvalue weighted by Gasteiger charge is -2.07. The first kappa shape index (κ1) is 13.9. The van der Waals surface area contributed by atoms with E-state index >= 15 is 0 Å². The smallest absolute Gasteiger partial charge is 0.117 e. The molecule has 106 valence electrons. The van der Waals surface area contributed by atoms with Gasteiger partial charge in [0, 0.05) is 23.4 Å². The molecule has 0 bridgehead atoms. The van der Waals surface area contributed by atoms with Crippen LogP contribution in [0.4, 0.5) is 5.69 Å². The van der Waals surface area contributed by atoms with Crippen molar-refractivity contribution in [3.8, 4) is 0 Å². The fourth-order valence-electron chi connectivity index (χ4n) is 2.11. The van der Waals surface area contributed by atoms with Gasteiger partial charge in [-0.15, -0.1) is 11.8 Å². The number of rotatable bonds is 5. The van der Waals surface area contributed by atoms with Gasteiger partial charge in [0.2, 0.25) is 0 Å². The zero-order valence-corrected chi connectivity index (χ0v) is 12.7. The number of aromatic nitrogens is 2. The number of para-hydroxylation sites is 1. The maximum atomic E-state index is 4.39. The summed E-state index contributed by atoms with van der Waals surface area (Å²) < 4.78 is 0. The van der Waals surface area contributed by atoms with E-state index in [-0.39, 0.29) is 0 Å². The summed E-state index contributed by atoms with van der Waals surface area (Å²) in [4.78, 5) is 8.67. The van der Waals surface area contributed by atoms with Gasteiger partial charge in [-0.3, -0.25) is 0 Å². The van der Waals surface area contributed by atoms with E-state index in [2.05, 4.69) is 52.5 Å². The van der Waals surface area contributed by atoms with Crippen molar-refractivity contribution in [2.75, 3.05) is 17.6 Å². The third-order valence-corrected chi connectivity index (χ3v) is 4.23. The molecular formula is C17H17N3S. The molecule has 0 spiro atoms. The molecule has 0 radical (unpaired) electrons. The van der Waals surface area contributed by atoms with Crippen LogP contribution >= 0.6 is 11.8 Å². The summed E-state index contributed by atoms with van der Waals surface area (Å²) >= 11 is 1.76. The molecule has 0 fully saturated rings. The number of aryl methyl sites for hydroxylation is 1. The monoisotopic (exact) mass is 295 g/mol. The molecule has 3 rings (SSSR count). The molecule has 3 aromatic rings. The second-order valence-electron chi connectivity index (χ2n) is 4.84. The highest BCUT2D eigenvalue weighted by Crippen LogP contribution is 2.23. The first-order chi connectivity index (χ1) is 10.3. The number of fused-ring (bicyclic) bond motifs is 1. The topological polar surface area (TPSA) is 37.8 Å². The van der Waals surface area contributed by atoms with E-state index in [1.807, 2.05) is 18.2 Å². The largest absolute Gasteiger partial charge is 0.384 e. The van der Waals surface area contributed by atoms with Gasteiger partial charge in [0.05, 0.1) is 5.52 Å². The summed E-state index contributed by atoms with van der Waals surface area (Å²) in [6, 6.07) is 16.6. The molecule has 2 aromatic carbocycles. The normalized spacial score (nSPS) is 10.7. The molecular weight excluding hydrogens is 278 g/mol. The number of thioether (sulfide) groups is 1. The molecule has 3 nitrogen and oxygen atoms in total. The Kier molecular flexibility index (Phi) is 4.36. The quantitative estimate of drug-likeness (QED) is 0.436. The summed E-state index contributed by atoms with van der Waals surface area (Å²) in [5.74, 6) is 0.967. The van der Waals surface area contributed by atoms with Crippen LogP contribution in [-0.2, 0) is 0 Å². The summed E-state index contributed by atoms with van der Waals surface area (Å²) in [5.41, 5.74) is 3.44. The zero-order valence-electron chi connectivity index (χ0n) is 11.9. The molecule has 0 unspecified atom stereocenters. The van der Waals surface area contributed by atoms with E-state index in [1.165, 1.54) is 5.56 Å². The summed E-state index contributed by atoms with van der Waals surface area (Å²) in [6.45, 7) is 3.01. The molecule has 0 saturated carbocycles. The average Bonchev–Trinajstić information content (AvgIpc) is 2.53. The highest BCUT2D eigenvalue weighted by Gasteiger charge is 2.03. The van der Waals surface area contributed by atoms with Gasteiger partial charge in [0.25, 0.3) is 0 Å². The summed E-state index contributed by atoms with van der Waals surface area (Å²) in [6.07, 6.45) is 1.64. The fourth-order valence-corrected chi connectivity index (χ4v) is 2.96. The first-order valence-corrected chi connectivity index (χ1v) is 7.94. The molecule has 1 aromatic heterocycles. The lowest BCUT2D eigenvalue weighted by molar-refractivity contribution is 1.10. The van der Waals surface area contributed by atoms with Crippen LogP contribution < -0.4 is 5.32 Å². The molecule has 1 N–H and O–H groups in total. The Labute approximate surface area is 128 Å². The van der Waals surface area contributed by atoms with Gasteiger partial charge < -0.3 is 5.32 Å². The zero-order chi connectivity index (χ0) is 14.5. The van der Waals surface area contributed by atoms with Crippen LogP contribution in [0.5, 0.6) is 0 Å². The van der Waals surface area contributed by atoms with Gasteiger partial charge in [0.1, 0.15) is 11.4 Å². The standard InChI is InChI=1S/C17H17N3S/c1-13-6-8-14(9-7-13)18-10-11-21-17-15-4-2-3-5-16(15)19-12-20-17/h2-9,12,18H,10-11H2,1H3. The maximum Gasteiger partial charge on any atom is 0.117 e. The second-order valence-corrected chi connectivity index (χ2v) is 5.92.